The number of unbranched alkanes of at least 4 members (excludes halogenated alkanes) is 1. The quantitative estimate of drug-likeness (QED) is 0.160. The SMILES string of the molecule is CCCCOC(=O)C(Cc1ccc(-c2ccccc2CC)nc1)NC(=O)OCC1c2ccccc2-c2ccccc21. The maximum absolute atomic E-state index is 13.0. The zero-order valence-electron chi connectivity index (χ0n) is 23.6. The molecule has 0 fully saturated rings. The minimum Gasteiger partial charge on any atom is -0.464 e. The van der Waals surface area contributed by atoms with E-state index in [4.69, 9.17) is 9.47 Å². The molecule has 1 N–H and O–H groups in total. The molecule has 41 heavy (non-hydrogen) atoms. The summed E-state index contributed by atoms with van der Waals surface area (Å²) in [5.74, 6) is -0.543. The van der Waals surface area contributed by atoms with E-state index in [1.165, 1.54) is 5.56 Å². The molecule has 1 aliphatic rings. The monoisotopic (exact) mass is 548 g/mol. The number of nitrogens with one attached hydrogen (secondary N) is 1. The molecule has 3 aromatic carbocycles. The summed E-state index contributed by atoms with van der Waals surface area (Å²) >= 11 is 0. The fourth-order valence-electron chi connectivity index (χ4n) is 5.41. The second-order valence-corrected chi connectivity index (χ2v) is 10.3. The van der Waals surface area contributed by atoms with Crippen molar-refractivity contribution in [1.82, 2.24) is 10.3 Å². The van der Waals surface area contributed by atoms with Crippen LogP contribution in [0.2, 0.25) is 0 Å². The molecule has 0 aliphatic heterocycles. The first kappa shape index (κ1) is 28.1. The van der Waals surface area contributed by atoms with E-state index in [1.54, 1.807) is 6.20 Å². The van der Waals surface area contributed by atoms with E-state index in [0.717, 1.165) is 58.3 Å². The van der Waals surface area contributed by atoms with Crippen molar-refractivity contribution in [2.24, 2.45) is 0 Å². The fourth-order valence-corrected chi connectivity index (χ4v) is 5.41. The number of carbonyl (C=O) groups is 2. The summed E-state index contributed by atoms with van der Waals surface area (Å²) in [4.78, 5) is 30.7. The number of hydrogen-bond donors (Lipinski definition) is 1. The summed E-state index contributed by atoms with van der Waals surface area (Å²) in [5.41, 5.74) is 8.59. The molecule has 6 heteroatoms. The van der Waals surface area contributed by atoms with Crippen molar-refractivity contribution < 1.29 is 19.1 Å². The highest BCUT2D eigenvalue weighted by molar-refractivity contribution is 5.82. The van der Waals surface area contributed by atoms with Gasteiger partial charge in [-0.05, 0) is 52.3 Å². The number of aryl methyl sites for hydroxylation is 1. The maximum Gasteiger partial charge on any atom is 0.407 e. The summed E-state index contributed by atoms with van der Waals surface area (Å²) in [7, 11) is 0. The molecular formula is C35H36N2O4. The number of amides is 1. The first-order chi connectivity index (χ1) is 20.1. The number of pyridine rings is 1. The average Bonchev–Trinajstić information content (AvgIpc) is 3.33. The Balaban J connectivity index is 1.27. The summed E-state index contributed by atoms with van der Waals surface area (Å²) in [6, 6.07) is 27.6. The van der Waals surface area contributed by atoms with Gasteiger partial charge in [0.15, 0.2) is 0 Å². The molecule has 4 aromatic rings. The number of rotatable bonds is 11. The molecule has 210 valence electrons. The van der Waals surface area contributed by atoms with Gasteiger partial charge in [0.2, 0.25) is 0 Å². The number of hydrogen-bond acceptors (Lipinski definition) is 5. The van der Waals surface area contributed by atoms with Gasteiger partial charge < -0.3 is 14.8 Å². The van der Waals surface area contributed by atoms with Crippen LogP contribution >= 0.6 is 0 Å². The topological polar surface area (TPSA) is 77.5 Å². The number of nitrogens with zero attached hydrogens (tertiary/aromatic N) is 1. The van der Waals surface area contributed by atoms with Crippen LogP contribution in [-0.2, 0) is 27.1 Å². The minimum atomic E-state index is -0.891. The Morgan fingerprint density at radius 3 is 2.12 bits per heavy atom. The van der Waals surface area contributed by atoms with Crippen LogP contribution in [0.5, 0.6) is 0 Å². The van der Waals surface area contributed by atoms with Gasteiger partial charge in [0.05, 0.1) is 12.3 Å². The third-order valence-electron chi connectivity index (χ3n) is 7.60. The van der Waals surface area contributed by atoms with Gasteiger partial charge in [0, 0.05) is 24.1 Å². The smallest absolute Gasteiger partial charge is 0.407 e. The third kappa shape index (κ3) is 6.49. The average molecular weight is 549 g/mol. The number of aromatic nitrogens is 1. The van der Waals surface area contributed by atoms with Crippen LogP contribution in [0.15, 0.2) is 91.1 Å². The lowest BCUT2D eigenvalue weighted by Gasteiger charge is -2.19. The second-order valence-electron chi connectivity index (χ2n) is 10.3. The molecule has 1 amide bonds. The lowest BCUT2D eigenvalue weighted by molar-refractivity contribution is -0.146. The summed E-state index contributed by atoms with van der Waals surface area (Å²) in [6.07, 6.45) is 3.94. The van der Waals surface area contributed by atoms with Gasteiger partial charge in [0.1, 0.15) is 12.6 Å². The molecule has 0 spiro atoms. The minimum absolute atomic E-state index is 0.0640. The Morgan fingerprint density at radius 2 is 1.49 bits per heavy atom. The van der Waals surface area contributed by atoms with E-state index in [0.29, 0.717) is 6.61 Å². The molecule has 1 heterocycles. The molecule has 5 rings (SSSR count). The zero-order chi connectivity index (χ0) is 28.6. The normalized spacial score (nSPS) is 12.7. The molecule has 0 radical (unpaired) electrons. The summed E-state index contributed by atoms with van der Waals surface area (Å²) < 4.78 is 11.2. The van der Waals surface area contributed by atoms with Crippen molar-refractivity contribution in [3.63, 3.8) is 0 Å². The van der Waals surface area contributed by atoms with Crippen LogP contribution in [0.4, 0.5) is 4.79 Å². The fraction of sp³-hybridized carbons (Fsp3) is 0.286. The van der Waals surface area contributed by atoms with Crippen molar-refractivity contribution in [2.45, 2.75) is 51.5 Å². The van der Waals surface area contributed by atoms with Gasteiger partial charge >= 0.3 is 12.1 Å². The highest BCUT2D eigenvalue weighted by atomic mass is 16.6. The summed E-state index contributed by atoms with van der Waals surface area (Å²) in [6.45, 7) is 4.63. The van der Waals surface area contributed by atoms with Crippen LogP contribution in [-0.4, -0.2) is 36.3 Å². The van der Waals surface area contributed by atoms with Crippen molar-refractivity contribution in [3.05, 3.63) is 113 Å². The molecule has 0 bridgehead atoms. The highest BCUT2D eigenvalue weighted by Gasteiger charge is 2.30. The van der Waals surface area contributed by atoms with E-state index in [9.17, 15) is 9.59 Å². The zero-order valence-corrected chi connectivity index (χ0v) is 23.6. The standard InChI is InChI=1S/C35H36N2O4/c1-3-5-20-40-34(38)33(21-24-18-19-32(36-22-24)26-13-7-6-12-25(26)4-2)37-35(39)41-23-31-29-16-10-8-14-27(29)28-15-9-11-17-30(28)31/h6-19,22,31,33H,3-5,20-21,23H2,1-2H3,(H,37,39). The van der Waals surface area contributed by atoms with Crippen molar-refractivity contribution in [1.29, 1.82) is 0 Å². The number of ether oxygens (including phenoxy) is 2. The van der Waals surface area contributed by atoms with Gasteiger partial charge in [0.25, 0.3) is 0 Å². The molecule has 6 nitrogen and oxygen atoms in total. The third-order valence-corrected chi connectivity index (χ3v) is 7.60. The van der Waals surface area contributed by atoms with Crippen LogP contribution in [0.25, 0.3) is 22.4 Å². The Morgan fingerprint density at radius 1 is 0.829 bits per heavy atom. The summed E-state index contributed by atoms with van der Waals surface area (Å²) in [5, 5.41) is 2.77. The van der Waals surface area contributed by atoms with E-state index in [2.05, 4.69) is 53.6 Å². The molecule has 0 saturated heterocycles. The van der Waals surface area contributed by atoms with Crippen molar-refractivity contribution >= 4 is 12.1 Å². The number of benzene rings is 3. The van der Waals surface area contributed by atoms with E-state index in [-0.39, 0.29) is 18.9 Å². The molecular weight excluding hydrogens is 512 g/mol. The number of fused-ring (bicyclic) bond motifs is 3. The van der Waals surface area contributed by atoms with Gasteiger partial charge in [-0.1, -0.05) is 99.1 Å². The predicted molar refractivity (Wildman–Crippen MR) is 161 cm³/mol. The van der Waals surface area contributed by atoms with Crippen LogP contribution in [0.1, 0.15) is 54.9 Å². The largest absolute Gasteiger partial charge is 0.464 e. The number of carbonyl (C=O) groups excluding carboxylic acids is 2. The van der Waals surface area contributed by atoms with Gasteiger partial charge in [-0.15, -0.1) is 0 Å². The van der Waals surface area contributed by atoms with Crippen LogP contribution < -0.4 is 5.32 Å². The van der Waals surface area contributed by atoms with Crippen LogP contribution in [0.3, 0.4) is 0 Å². The lowest BCUT2D eigenvalue weighted by Crippen LogP contribution is -2.44. The predicted octanol–water partition coefficient (Wildman–Crippen LogP) is 7.10. The molecule has 1 atom stereocenters. The molecule has 1 unspecified atom stereocenters. The molecule has 0 saturated carbocycles. The highest BCUT2D eigenvalue weighted by Crippen LogP contribution is 2.44. The Hall–Kier alpha value is -4.45. The van der Waals surface area contributed by atoms with E-state index >= 15 is 0 Å². The van der Waals surface area contributed by atoms with Crippen molar-refractivity contribution in [3.8, 4) is 22.4 Å². The molecule has 1 aromatic heterocycles. The number of alkyl carbamates (subject to hydrolysis) is 1. The van der Waals surface area contributed by atoms with E-state index < -0.39 is 18.1 Å². The number of esters is 1. The molecule has 1 aliphatic carbocycles. The first-order valence-electron chi connectivity index (χ1n) is 14.4. The van der Waals surface area contributed by atoms with Crippen molar-refractivity contribution in [2.75, 3.05) is 13.2 Å². The van der Waals surface area contributed by atoms with Gasteiger partial charge in [-0.2, -0.15) is 0 Å². The Kier molecular flexibility index (Phi) is 9.09. The second kappa shape index (κ2) is 13.3. The first-order valence-corrected chi connectivity index (χ1v) is 14.4. The lowest BCUT2D eigenvalue weighted by atomic mass is 9.98. The van der Waals surface area contributed by atoms with E-state index in [1.807, 2.05) is 55.5 Å². The van der Waals surface area contributed by atoms with Gasteiger partial charge in [-0.25, -0.2) is 9.59 Å². The maximum atomic E-state index is 13.0. The Labute approximate surface area is 241 Å². The van der Waals surface area contributed by atoms with Gasteiger partial charge in [-0.3, -0.25) is 4.98 Å². The van der Waals surface area contributed by atoms with Crippen LogP contribution in [0, 0.1) is 0 Å². The Bertz CT molecular complexity index is 1450.